The number of hydrogen-bond acceptors (Lipinski definition) is 3. The SMILES string of the molecule is N=C(N)c1cccc(OCCNC(=O)c2ccc(-c3ccccc3)cc2)c1. The first kappa shape index (κ1) is 18.2. The van der Waals surface area contributed by atoms with Gasteiger partial charge in [-0.05, 0) is 35.4 Å². The van der Waals surface area contributed by atoms with Crippen LogP contribution in [-0.4, -0.2) is 24.9 Å². The van der Waals surface area contributed by atoms with Gasteiger partial charge >= 0.3 is 0 Å². The van der Waals surface area contributed by atoms with Crippen molar-refractivity contribution in [2.45, 2.75) is 0 Å². The van der Waals surface area contributed by atoms with Crippen molar-refractivity contribution in [3.8, 4) is 16.9 Å². The summed E-state index contributed by atoms with van der Waals surface area (Å²) in [6, 6.07) is 24.5. The number of nitrogens with one attached hydrogen (secondary N) is 2. The van der Waals surface area contributed by atoms with Gasteiger partial charge in [-0.2, -0.15) is 0 Å². The van der Waals surface area contributed by atoms with Crippen LogP contribution in [0.5, 0.6) is 5.75 Å². The maximum Gasteiger partial charge on any atom is 0.251 e. The highest BCUT2D eigenvalue weighted by atomic mass is 16.5. The molecule has 0 aliphatic rings. The van der Waals surface area contributed by atoms with E-state index >= 15 is 0 Å². The molecule has 0 aliphatic carbocycles. The van der Waals surface area contributed by atoms with E-state index in [1.807, 2.05) is 54.6 Å². The van der Waals surface area contributed by atoms with Crippen LogP contribution < -0.4 is 15.8 Å². The lowest BCUT2D eigenvalue weighted by Gasteiger charge is -2.09. The topological polar surface area (TPSA) is 88.2 Å². The van der Waals surface area contributed by atoms with Gasteiger partial charge < -0.3 is 15.8 Å². The monoisotopic (exact) mass is 359 g/mol. The summed E-state index contributed by atoms with van der Waals surface area (Å²) >= 11 is 0. The van der Waals surface area contributed by atoms with Crippen LogP contribution >= 0.6 is 0 Å². The molecule has 0 fully saturated rings. The number of amides is 1. The number of carbonyl (C=O) groups excluding carboxylic acids is 1. The number of rotatable bonds is 7. The number of amidine groups is 1. The van der Waals surface area contributed by atoms with Gasteiger partial charge in [0.15, 0.2) is 0 Å². The minimum absolute atomic E-state index is 0.00676. The maximum absolute atomic E-state index is 12.2. The van der Waals surface area contributed by atoms with E-state index in [0.717, 1.165) is 11.1 Å². The molecule has 0 saturated carbocycles. The molecule has 0 unspecified atom stereocenters. The molecule has 0 radical (unpaired) electrons. The standard InChI is InChI=1S/C22H21N3O2/c23-21(24)19-7-4-8-20(15-19)27-14-13-25-22(26)18-11-9-17(10-12-18)16-5-2-1-3-6-16/h1-12,15H,13-14H2,(H3,23,24)(H,25,26). The van der Waals surface area contributed by atoms with Crippen molar-refractivity contribution in [3.05, 3.63) is 90.0 Å². The molecule has 5 nitrogen and oxygen atoms in total. The average molecular weight is 359 g/mol. The molecule has 3 aromatic rings. The Morgan fingerprint density at radius 3 is 2.30 bits per heavy atom. The molecule has 3 aromatic carbocycles. The predicted octanol–water partition coefficient (Wildman–Crippen LogP) is 3.45. The number of ether oxygens (including phenoxy) is 1. The Hall–Kier alpha value is -3.60. The molecule has 0 saturated heterocycles. The van der Waals surface area contributed by atoms with Gasteiger partial charge in [-0.25, -0.2) is 0 Å². The van der Waals surface area contributed by atoms with Crippen LogP contribution in [0.2, 0.25) is 0 Å². The molecule has 1 amide bonds. The van der Waals surface area contributed by atoms with Crippen LogP contribution in [0.3, 0.4) is 0 Å². The van der Waals surface area contributed by atoms with Gasteiger partial charge in [0.1, 0.15) is 18.2 Å². The fourth-order valence-electron chi connectivity index (χ4n) is 2.63. The highest BCUT2D eigenvalue weighted by Gasteiger charge is 2.06. The molecule has 0 atom stereocenters. The van der Waals surface area contributed by atoms with Crippen LogP contribution in [0.15, 0.2) is 78.9 Å². The molecule has 136 valence electrons. The van der Waals surface area contributed by atoms with Gasteiger partial charge in [0, 0.05) is 11.1 Å². The quantitative estimate of drug-likeness (QED) is 0.343. The van der Waals surface area contributed by atoms with Crippen molar-refractivity contribution in [2.24, 2.45) is 5.73 Å². The van der Waals surface area contributed by atoms with Gasteiger partial charge in [-0.15, -0.1) is 0 Å². The van der Waals surface area contributed by atoms with Gasteiger partial charge in [-0.3, -0.25) is 10.2 Å². The van der Waals surface area contributed by atoms with E-state index in [1.54, 1.807) is 24.3 Å². The molecule has 0 aliphatic heterocycles. The zero-order chi connectivity index (χ0) is 19.1. The third-order valence-corrected chi connectivity index (χ3v) is 4.06. The number of nitrogen functional groups attached to an aromatic ring is 1. The van der Waals surface area contributed by atoms with Crippen molar-refractivity contribution in [1.29, 1.82) is 5.41 Å². The summed E-state index contributed by atoms with van der Waals surface area (Å²) in [5.41, 5.74) is 8.86. The predicted molar refractivity (Wildman–Crippen MR) is 107 cm³/mol. The fraction of sp³-hybridized carbons (Fsp3) is 0.0909. The third kappa shape index (κ3) is 4.95. The van der Waals surface area contributed by atoms with E-state index in [9.17, 15) is 4.79 Å². The molecule has 4 N–H and O–H groups in total. The fourth-order valence-corrected chi connectivity index (χ4v) is 2.63. The van der Waals surface area contributed by atoms with E-state index < -0.39 is 0 Å². The summed E-state index contributed by atoms with van der Waals surface area (Å²) in [5.74, 6) is 0.465. The molecular weight excluding hydrogens is 338 g/mol. The van der Waals surface area contributed by atoms with Crippen molar-refractivity contribution >= 4 is 11.7 Å². The van der Waals surface area contributed by atoms with Crippen LogP contribution in [-0.2, 0) is 0 Å². The summed E-state index contributed by atoms with van der Waals surface area (Å²) in [4.78, 5) is 12.2. The summed E-state index contributed by atoms with van der Waals surface area (Å²) in [6.45, 7) is 0.707. The first-order chi connectivity index (χ1) is 13.1. The Balaban J connectivity index is 1.49. The Morgan fingerprint density at radius 1 is 0.889 bits per heavy atom. The second-order valence-corrected chi connectivity index (χ2v) is 5.99. The Labute approximate surface area is 158 Å². The number of carbonyl (C=O) groups is 1. The lowest BCUT2D eigenvalue weighted by atomic mass is 10.0. The van der Waals surface area contributed by atoms with Crippen LogP contribution in [0.1, 0.15) is 15.9 Å². The molecule has 27 heavy (non-hydrogen) atoms. The zero-order valence-corrected chi connectivity index (χ0v) is 14.8. The van der Waals surface area contributed by atoms with Gasteiger partial charge in [-0.1, -0.05) is 54.6 Å². The van der Waals surface area contributed by atoms with Crippen molar-refractivity contribution < 1.29 is 9.53 Å². The number of nitrogens with two attached hydrogens (primary N) is 1. The number of benzene rings is 3. The Morgan fingerprint density at radius 2 is 1.59 bits per heavy atom. The molecule has 3 rings (SSSR count). The highest BCUT2D eigenvalue weighted by molar-refractivity contribution is 5.95. The smallest absolute Gasteiger partial charge is 0.251 e. The molecule has 5 heteroatoms. The van der Waals surface area contributed by atoms with Crippen molar-refractivity contribution in [1.82, 2.24) is 5.32 Å². The van der Waals surface area contributed by atoms with Crippen LogP contribution in [0, 0.1) is 5.41 Å². The Bertz CT molecular complexity index is 922. The number of hydrogen-bond donors (Lipinski definition) is 3. The normalized spacial score (nSPS) is 10.2. The van der Waals surface area contributed by atoms with E-state index in [4.69, 9.17) is 15.9 Å². The van der Waals surface area contributed by atoms with Crippen LogP contribution in [0.25, 0.3) is 11.1 Å². The minimum atomic E-state index is -0.143. The summed E-state index contributed by atoms with van der Waals surface area (Å²) in [7, 11) is 0. The highest BCUT2D eigenvalue weighted by Crippen LogP contribution is 2.19. The first-order valence-corrected chi connectivity index (χ1v) is 8.64. The van der Waals surface area contributed by atoms with Crippen molar-refractivity contribution in [3.63, 3.8) is 0 Å². The molecular formula is C22H21N3O2. The third-order valence-electron chi connectivity index (χ3n) is 4.06. The van der Waals surface area contributed by atoms with Gasteiger partial charge in [0.25, 0.3) is 5.91 Å². The van der Waals surface area contributed by atoms with Crippen LogP contribution in [0.4, 0.5) is 0 Å². The second-order valence-electron chi connectivity index (χ2n) is 5.99. The molecule has 0 bridgehead atoms. The van der Waals surface area contributed by atoms with Crippen molar-refractivity contribution in [2.75, 3.05) is 13.2 Å². The summed E-state index contributed by atoms with van der Waals surface area (Å²) in [5, 5.41) is 10.3. The minimum Gasteiger partial charge on any atom is -0.492 e. The average Bonchev–Trinajstić information content (AvgIpc) is 2.72. The van der Waals surface area contributed by atoms with Gasteiger partial charge in [0.2, 0.25) is 0 Å². The zero-order valence-electron chi connectivity index (χ0n) is 14.8. The van der Waals surface area contributed by atoms with E-state index in [1.165, 1.54) is 0 Å². The Kier molecular flexibility index (Phi) is 5.84. The molecule has 0 heterocycles. The summed E-state index contributed by atoms with van der Waals surface area (Å²) in [6.07, 6.45) is 0. The van der Waals surface area contributed by atoms with Gasteiger partial charge in [0.05, 0.1) is 6.54 Å². The molecule has 0 aromatic heterocycles. The van der Waals surface area contributed by atoms with E-state index in [-0.39, 0.29) is 11.7 Å². The summed E-state index contributed by atoms with van der Waals surface area (Å²) < 4.78 is 5.59. The first-order valence-electron chi connectivity index (χ1n) is 8.64. The lowest BCUT2D eigenvalue weighted by Crippen LogP contribution is -2.28. The van der Waals surface area contributed by atoms with E-state index in [0.29, 0.717) is 30.0 Å². The second kappa shape index (κ2) is 8.67. The lowest BCUT2D eigenvalue weighted by molar-refractivity contribution is 0.0947. The maximum atomic E-state index is 12.2. The van der Waals surface area contributed by atoms with E-state index in [2.05, 4.69) is 5.32 Å². The molecule has 0 spiro atoms. The largest absolute Gasteiger partial charge is 0.492 e.